The predicted octanol–water partition coefficient (Wildman–Crippen LogP) is 2.53. The second kappa shape index (κ2) is 12.0. The molecule has 0 bridgehead atoms. The third-order valence-corrected chi connectivity index (χ3v) is 5.43. The van der Waals surface area contributed by atoms with Gasteiger partial charge in [-0.1, -0.05) is 30.7 Å². The lowest BCUT2D eigenvalue weighted by atomic mass is 10.1. The van der Waals surface area contributed by atoms with Gasteiger partial charge in [0.05, 0.1) is 19.3 Å². The fraction of sp³-hybridized carbons (Fsp3) is 0.682. The summed E-state index contributed by atoms with van der Waals surface area (Å²) in [5.74, 6) is 0.804. The molecule has 2 N–H and O–H groups in total. The molecule has 1 atom stereocenters. The number of hydrogen-bond acceptors (Lipinski definition) is 4. The Morgan fingerprint density at radius 2 is 1.89 bits per heavy atom. The van der Waals surface area contributed by atoms with Crippen LogP contribution in [0.15, 0.2) is 29.3 Å². The fourth-order valence-corrected chi connectivity index (χ4v) is 3.78. The van der Waals surface area contributed by atoms with Crippen LogP contribution in [0.4, 0.5) is 0 Å². The van der Waals surface area contributed by atoms with E-state index in [-0.39, 0.29) is 6.10 Å². The molecule has 1 aromatic rings. The first-order valence-electron chi connectivity index (χ1n) is 10.8. The zero-order valence-corrected chi connectivity index (χ0v) is 17.3. The van der Waals surface area contributed by atoms with Crippen molar-refractivity contribution >= 4 is 5.96 Å². The lowest BCUT2D eigenvalue weighted by Crippen LogP contribution is -2.38. The molecular weight excluding hydrogens is 352 g/mol. The molecule has 2 aliphatic rings. The smallest absolute Gasteiger partial charge is 0.191 e. The van der Waals surface area contributed by atoms with Gasteiger partial charge in [0.1, 0.15) is 0 Å². The second-order valence-corrected chi connectivity index (χ2v) is 7.72. The van der Waals surface area contributed by atoms with Crippen molar-refractivity contribution in [1.82, 2.24) is 15.5 Å². The number of guanidine groups is 1. The maximum absolute atomic E-state index is 5.68. The van der Waals surface area contributed by atoms with Gasteiger partial charge in [-0.3, -0.25) is 9.89 Å². The molecule has 1 unspecified atom stereocenters. The van der Waals surface area contributed by atoms with Crippen molar-refractivity contribution in [2.45, 2.75) is 51.3 Å². The van der Waals surface area contributed by atoms with E-state index in [1.54, 1.807) is 7.05 Å². The molecule has 0 radical (unpaired) electrons. The standard InChI is InChI=1S/C22H36N4O2/c1-23-22(24-11-15-27-18-21-6-5-14-28-21)25-16-19-7-9-20(10-8-19)17-26-12-3-2-4-13-26/h7-10,21H,2-6,11-18H2,1H3,(H2,23,24,25). The van der Waals surface area contributed by atoms with Crippen LogP contribution >= 0.6 is 0 Å². The summed E-state index contributed by atoms with van der Waals surface area (Å²) in [6.07, 6.45) is 6.63. The van der Waals surface area contributed by atoms with Crippen LogP contribution in [0.1, 0.15) is 43.2 Å². The van der Waals surface area contributed by atoms with Crippen LogP contribution in [-0.2, 0) is 22.6 Å². The summed E-state index contributed by atoms with van der Waals surface area (Å²) in [5.41, 5.74) is 2.66. The molecular formula is C22H36N4O2. The quantitative estimate of drug-likeness (QED) is 0.387. The molecule has 2 heterocycles. The Labute approximate surface area is 169 Å². The fourth-order valence-electron chi connectivity index (χ4n) is 3.78. The Kier molecular flexibility index (Phi) is 9.07. The molecule has 2 saturated heterocycles. The van der Waals surface area contributed by atoms with Crippen LogP contribution in [0.3, 0.4) is 0 Å². The summed E-state index contributed by atoms with van der Waals surface area (Å²) < 4.78 is 11.2. The molecule has 0 saturated carbocycles. The minimum Gasteiger partial charge on any atom is -0.377 e. The molecule has 2 aliphatic heterocycles. The van der Waals surface area contributed by atoms with Crippen LogP contribution in [0.25, 0.3) is 0 Å². The van der Waals surface area contributed by atoms with Crippen LogP contribution < -0.4 is 10.6 Å². The number of nitrogens with zero attached hydrogens (tertiary/aromatic N) is 2. The summed E-state index contributed by atoms with van der Waals surface area (Å²) in [6.45, 7) is 7.28. The van der Waals surface area contributed by atoms with Crippen LogP contribution in [-0.4, -0.2) is 63.5 Å². The van der Waals surface area contributed by atoms with E-state index in [0.717, 1.165) is 45.0 Å². The molecule has 0 aromatic heterocycles. The van der Waals surface area contributed by atoms with Gasteiger partial charge in [-0.05, 0) is 49.9 Å². The number of piperidine rings is 1. The minimum atomic E-state index is 0.287. The summed E-state index contributed by atoms with van der Waals surface area (Å²) in [5, 5.41) is 6.66. The first-order chi connectivity index (χ1) is 13.8. The molecule has 28 heavy (non-hydrogen) atoms. The predicted molar refractivity (Wildman–Crippen MR) is 114 cm³/mol. The molecule has 156 valence electrons. The third kappa shape index (κ3) is 7.41. The largest absolute Gasteiger partial charge is 0.377 e. The normalized spacial score (nSPS) is 21.0. The van der Waals surface area contributed by atoms with E-state index in [0.29, 0.717) is 13.2 Å². The lowest BCUT2D eigenvalue weighted by molar-refractivity contribution is 0.0191. The van der Waals surface area contributed by atoms with E-state index in [4.69, 9.17) is 9.47 Å². The van der Waals surface area contributed by atoms with Gasteiger partial charge in [0.2, 0.25) is 0 Å². The SMILES string of the molecule is CN=C(NCCOCC1CCCO1)NCc1ccc(CN2CCCCC2)cc1. The molecule has 6 heteroatoms. The Bertz CT molecular complexity index is 579. The highest BCUT2D eigenvalue weighted by molar-refractivity contribution is 5.79. The van der Waals surface area contributed by atoms with Crippen molar-refractivity contribution < 1.29 is 9.47 Å². The molecule has 1 aromatic carbocycles. The molecule has 0 aliphatic carbocycles. The average molecular weight is 389 g/mol. The van der Waals surface area contributed by atoms with Crippen molar-refractivity contribution in [3.05, 3.63) is 35.4 Å². The van der Waals surface area contributed by atoms with Crippen LogP contribution in [0.5, 0.6) is 0 Å². The molecule has 0 amide bonds. The average Bonchev–Trinajstić information content (AvgIpc) is 3.25. The third-order valence-electron chi connectivity index (χ3n) is 5.43. The van der Waals surface area contributed by atoms with Crippen molar-refractivity contribution in [2.75, 3.05) is 46.5 Å². The van der Waals surface area contributed by atoms with Crippen LogP contribution in [0, 0.1) is 0 Å². The summed E-state index contributed by atoms with van der Waals surface area (Å²) in [7, 11) is 1.80. The number of likely N-dealkylation sites (tertiary alicyclic amines) is 1. The van der Waals surface area contributed by atoms with Crippen molar-refractivity contribution in [2.24, 2.45) is 4.99 Å². The van der Waals surface area contributed by atoms with Gasteiger partial charge in [0.25, 0.3) is 0 Å². The number of nitrogens with one attached hydrogen (secondary N) is 2. The van der Waals surface area contributed by atoms with Crippen LogP contribution in [0.2, 0.25) is 0 Å². The number of hydrogen-bond donors (Lipinski definition) is 2. The highest BCUT2D eigenvalue weighted by Gasteiger charge is 2.15. The monoisotopic (exact) mass is 388 g/mol. The number of ether oxygens (including phenoxy) is 2. The van der Waals surface area contributed by atoms with Gasteiger partial charge in [-0.15, -0.1) is 0 Å². The van der Waals surface area contributed by atoms with E-state index < -0.39 is 0 Å². The van der Waals surface area contributed by atoms with Gasteiger partial charge in [0.15, 0.2) is 5.96 Å². The number of benzene rings is 1. The minimum absolute atomic E-state index is 0.287. The summed E-state index contributed by atoms with van der Waals surface area (Å²) in [4.78, 5) is 6.84. The zero-order chi connectivity index (χ0) is 19.4. The van der Waals surface area contributed by atoms with Gasteiger partial charge in [0, 0.05) is 33.3 Å². The summed E-state index contributed by atoms with van der Waals surface area (Å²) in [6, 6.07) is 8.93. The Hall–Kier alpha value is -1.63. The second-order valence-electron chi connectivity index (χ2n) is 7.72. The topological polar surface area (TPSA) is 58.1 Å². The van der Waals surface area contributed by atoms with Crippen molar-refractivity contribution in [3.8, 4) is 0 Å². The van der Waals surface area contributed by atoms with E-state index >= 15 is 0 Å². The van der Waals surface area contributed by atoms with Crippen molar-refractivity contribution in [1.29, 1.82) is 0 Å². The van der Waals surface area contributed by atoms with Gasteiger partial charge < -0.3 is 20.1 Å². The Morgan fingerprint density at radius 3 is 2.61 bits per heavy atom. The Morgan fingerprint density at radius 1 is 1.11 bits per heavy atom. The zero-order valence-electron chi connectivity index (χ0n) is 17.3. The molecule has 0 spiro atoms. The number of rotatable bonds is 9. The molecule has 3 rings (SSSR count). The van der Waals surface area contributed by atoms with Crippen molar-refractivity contribution in [3.63, 3.8) is 0 Å². The van der Waals surface area contributed by atoms with Gasteiger partial charge >= 0.3 is 0 Å². The van der Waals surface area contributed by atoms with E-state index in [9.17, 15) is 0 Å². The lowest BCUT2D eigenvalue weighted by Gasteiger charge is -2.26. The van der Waals surface area contributed by atoms with Gasteiger partial charge in [-0.2, -0.15) is 0 Å². The van der Waals surface area contributed by atoms with E-state index in [1.165, 1.54) is 43.5 Å². The number of aliphatic imine (C=N–C) groups is 1. The molecule has 6 nitrogen and oxygen atoms in total. The van der Waals surface area contributed by atoms with E-state index in [2.05, 4.69) is 44.8 Å². The first kappa shape index (κ1) is 21.1. The maximum atomic E-state index is 5.68. The first-order valence-corrected chi connectivity index (χ1v) is 10.8. The Balaban J connectivity index is 1.30. The van der Waals surface area contributed by atoms with Gasteiger partial charge in [-0.25, -0.2) is 0 Å². The van der Waals surface area contributed by atoms with E-state index in [1.807, 2.05) is 0 Å². The highest BCUT2D eigenvalue weighted by Crippen LogP contribution is 2.14. The molecule has 2 fully saturated rings. The maximum Gasteiger partial charge on any atom is 0.191 e. The summed E-state index contributed by atoms with van der Waals surface area (Å²) >= 11 is 0. The highest BCUT2D eigenvalue weighted by atomic mass is 16.5.